The normalized spacial score (nSPS) is 25.0. The van der Waals surface area contributed by atoms with Gasteiger partial charge in [-0.25, -0.2) is 0 Å². The zero-order chi connectivity index (χ0) is 18.0. The highest BCUT2D eigenvalue weighted by Gasteiger charge is 2.29. The van der Waals surface area contributed by atoms with Crippen LogP contribution in [0.2, 0.25) is 0 Å². The molecule has 1 aliphatic heterocycles. The van der Waals surface area contributed by atoms with E-state index in [1.165, 1.54) is 19.3 Å². The number of carbonyl (C=O) groups excluding carboxylic acids is 1. The van der Waals surface area contributed by atoms with Crippen molar-refractivity contribution < 1.29 is 14.7 Å². The van der Waals surface area contributed by atoms with Crippen molar-refractivity contribution in [3.05, 3.63) is 23.0 Å². The summed E-state index contributed by atoms with van der Waals surface area (Å²) in [5.74, 6) is -0.648. The number of hydrogen-bond acceptors (Lipinski definition) is 3. The summed E-state index contributed by atoms with van der Waals surface area (Å²) in [7, 11) is 0. The van der Waals surface area contributed by atoms with E-state index in [9.17, 15) is 14.7 Å². The van der Waals surface area contributed by atoms with Crippen LogP contribution < -0.4 is 0 Å². The highest BCUT2D eigenvalue weighted by molar-refractivity contribution is 5.99. The standard InChI is InChI=1S/C20H30N2O3/c1-14-12-18(19(23)13-21-10-4-3-5-11-21)15(2)22(14)17-8-6-16(7-9-17)20(24)25/h12,16-17H,3-11,13H2,1-2H3,(H,24,25)/t16-,17+. The maximum Gasteiger partial charge on any atom is 0.306 e. The molecule has 1 saturated heterocycles. The second-order valence-electron chi connectivity index (χ2n) is 7.76. The first-order valence-corrected chi connectivity index (χ1v) is 9.64. The number of carboxylic acid groups (broad SMARTS) is 1. The monoisotopic (exact) mass is 346 g/mol. The van der Waals surface area contributed by atoms with Crippen molar-refractivity contribution in [2.75, 3.05) is 19.6 Å². The lowest BCUT2D eigenvalue weighted by Gasteiger charge is -2.29. The van der Waals surface area contributed by atoms with Crippen LogP contribution in [0.25, 0.3) is 0 Å². The lowest BCUT2D eigenvalue weighted by molar-refractivity contribution is -0.143. The van der Waals surface area contributed by atoms with Gasteiger partial charge in [-0.1, -0.05) is 6.42 Å². The van der Waals surface area contributed by atoms with Crippen LogP contribution in [0.3, 0.4) is 0 Å². The van der Waals surface area contributed by atoms with Crippen LogP contribution >= 0.6 is 0 Å². The van der Waals surface area contributed by atoms with Gasteiger partial charge in [-0.3, -0.25) is 14.5 Å². The Morgan fingerprint density at radius 3 is 2.32 bits per heavy atom. The van der Waals surface area contributed by atoms with Crippen LogP contribution in [0.4, 0.5) is 0 Å². The molecule has 0 amide bonds. The van der Waals surface area contributed by atoms with Crippen molar-refractivity contribution in [3.63, 3.8) is 0 Å². The van der Waals surface area contributed by atoms with Gasteiger partial charge >= 0.3 is 5.97 Å². The molecule has 5 heteroatoms. The van der Waals surface area contributed by atoms with E-state index in [1.54, 1.807) is 0 Å². The fourth-order valence-electron chi connectivity index (χ4n) is 4.61. The van der Waals surface area contributed by atoms with Gasteiger partial charge in [0.2, 0.25) is 0 Å². The molecular formula is C20H30N2O3. The molecule has 1 aromatic heterocycles. The number of nitrogens with zero attached hydrogens (tertiary/aromatic N) is 2. The molecule has 25 heavy (non-hydrogen) atoms. The molecule has 1 N–H and O–H groups in total. The summed E-state index contributed by atoms with van der Waals surface area (Å²) >= 11 is 0. The molecular weight excluding hydrogens is 316 g/mol. The predicted molar refractivity (Wildman–Crippen MR) is 97.2 cm³/mol. The fraction of sp³-hybridized carbons (Fsp3) is 0.700. The van der Waals surface area contributed by atoms with Crippen LogP contribution in [0.5, 0.6) is 0 Å². The van der Waals surface area contributed by atoms with Crippen molar-refractivity contribution in [2.24, 2.45) is 5.92 Å². The van der Waals surface area contributed by atoms with Gasteiger partial charge < -0.3 is 9.67 Å². The van der Waals surface area contributed by atoms with Crippen molar-refractivity contribution in [1.29, 1.82) is 0 Å². The molecule has 1 saturated carbocycles. The molecule has 0 atom stereocenters. The van der Waals surface area contributed by atoms with Gasteiger partial charge in [0, 0.05) is 23.0 Å². The third-order valence-electron chi connectivity index (χ3n) is 6.01. The lowest BCUT2D eigenvalue weighted by Crippen LogP contribution is -2.34. The minimum atomic E-state index is -0.670. The number of ketones is 1. The number of carbonyl (C=O) groups is 2. The Labute approximate surface area is 150 Å². The van der Waals surface area contributed by atoms with Crippen LogP contribution in [0.15, 0.2) is 6.07 Å². The van der Waals surface area contributed by atoms with Gasteiger partial charge in [-0.05, 0) is 71.5 Å². The zero-order valence-corrected chi connectivity index (χ0v) is 15.5. The number of likely N-dealkylation sites (tertiary alicyclic amines) is 1. The summed E-state index contributed by atoms with van der Waals surface area (Å²) in [6.07, 6.45) is 6.89. The lowest BCUT2D eigenvalue weighted by atomic mass is 9.86. The molecule has 2 fully saturated rings. The largest absolute Gasteiger partial charge is 0.481 e. The minimum absolute atomic E-state index is 0.201. The highest BCUT2D eigenvalue weighted by Crippen LogP contribution is 2.35. The first kappa shape index (κ1) is 18.2. The van der Waals surface area contributed by atoms with Crippen LogP contribution in [0, 0.1) is 19.8 Å². The van der Waals surface area contributed by atoms with Crippen LogP contribution in [0.1, 0.15) is 72.7 Å². The topological polar surface area (TPSA) is 62.5 Å². The van der Waals surface area contributed by atoms with E-state index in [0.717, 1.165) is 55.7 Å². The Morgan fingerprint density at radius 2 is 1.72 bits per heavy atom. The second-order valence-corrected chi connectivity index (χ2v) is 7.76. The van der Waals surface area contributed by atoms with Gasteiger partial charge in [0.05, 0.1) is 12.5 Å². The van der Waals surface area contributed by atoms with Crippen LogP contribution in [-0.4, -0.2) is 46.0 Å². The van der Waals surface area contributed by atoms with Crippen molar-refractivity contribution in [2.45, 2.75) is 64.8 Å². The van der Waals surface area contributed by atoms with E-state index in [1.807, 2.05) is 13.0 Å². The molecule has 0 bridgehead atoms. The summed E-state index contributed by atoms with van der Waals surface area (Å²) in [6, 6.07) is 2.36. The van der Waals surface area contributed by atoms with Crippen molar-refractivity contribution in [1.82, 2.24) is 9.47 Å². The number of aryl methyl sites for hydroxylation is 1. The molecule has 0 unspecified atom stereocenters. The first-order chi connectivity index (χ1) is 12.0. The van der Waals surface area contributed by atoms with Crippen LogP contribution in [-0.2, 0) is 4.79 Å². The molecule has 0 aromatic carbocycles. The van der Waals surface area contributed by atoms with E-state index >= 15 is 0 Å². The van der Waals surface area contributed by atoms with Gasteiger partial charge in [-0.15, -0.1) is 0 Å². The highest BCUT2D eigenvalue weighted by atomic mass is 16.4. The zero-order valence-electron chi connectivity index (χ0n) is 15.5. The minimum Gasteiger partial charge on any atom is -0.481 e. The average Bonchev–Trinajstić information content (AvgIpc) is 2.90. The third kappa shape index (κ3) is 3.97. The Bertz CT molecular complexity index is 636. The number of hydrogen-bond donors (Lipinski definition) is 1. The number of Topliss-reactive ketones (excluding diaryl/α,β-unsaturated/α-hetero) is 1. The van der Waals surface area contributed by atoms with E-state index in [4.69, 9.17) is 0 Å². The summed E-state index contributed by atoms with van der Waals surface area (Å²) < 4.78 is 2.28. The number of aliphatic carboxylic acids is 1. The van der Waals surface area contributed by atoms with Crippen molar-refractivity contribution >= 4 is 11.8 Å². The Morgan fingerprint density at radius 1 is 1.08 bits per heavy atom. The summed E-state index contributed by atoms with van der Waals surface area (Å²) in [4.78, 5) is 26.2. The Kier molecular flexibility index (Phi) is 5.62. The molecule has 0 spiro atoms. The van der Waals surface area contributed by atoms with Gasteiger partial charge in [-0.2, -0.15) is 0 Å². The smallest absolute Gasteiger partial charge is 0.306 e. The number of piperidine rings is 1. The number of aromatic nitrogens is 1. The molecule has 2 aliphatic rings. The van der Waals surface area contributed by atoms with Crippen molar-refractivity contribution in [3.8, 4) is 0 Å². The summed E-state index contributed by atoms with van der Waals surface area (Å²) in [6.45, 7) is 6.69. The van der Waals surface area contributed by atoms with Gasteiger partial charge in [0.15, 0.2) is 5.78 Å². The molecule has 0 radical (unpaired) electrons. The maximum absolute atomic E-state index is 12.8. The predicted octanol–water partition coefficient (Wildman–Crippen LogP) is 3.59. The van der Waals surface area contributed by atoms with Gasteiger partial charge in [0.1, 0.15) is 0 Å². The van der Waals surface area contributed by atoms with E-state index in [2.05, 4.69) is 16.4 Å². The fourth-order valence-corrected chi connectivity index (χ4v) is 4.61. The summed E-state index contributed by atoms with van der Waals surface area (Å²) in [5, 5.41) is 9.18. The Hall–Kier alpha value is -1.62. The summed E-state index contributed by atoms with van der Waals surface area (Å²) in [5.41, 5.74) is 3.03. The second kappa shape index (κ2) is 7.73. The molecule has 138 valence electrons. The Balaban J connectivity index is 1.70. The quantitative estimate of drug-likeness (QED) is 0.828. The number of carboxylic acids is 1. The maximum atomic E-state index is 12.8. The molecule has 1 aromatic rings. The molecule has 2 heterocycles. The average molecular weight is 346 g/mol. The molecule has 5 nitrogen and oxygen atoms in total. The van der Waals surface area contributed by atoms with E-state index in [-0.39, 0.29) is 11.7 Å². The third-order valence-corrected chi connectivity index (χ3v) is 6.01. The molecule has 1 aliphatic carbocycles. The number of rotatable bonds is 5. The SMILES string of the molecule is Cc1cc(C(=O)CN2CCCCC2)c(C)n1[C@H]1CC[C@@H](C(=O)O)CC1. The van der Waals surface area contributed by atoms with E-state index < -0.39 is 5.97 Å². The van der Waals surface area contributed by atoms with Gasteiger partial charge in [0.25, 0.3) is 0 Å². The van der Waals surface area contributed by atoms with E-state index in [0.29, 0.717) is 12.6 Å². The first-order valence-electron chi connectivity index (χ1n) is 9.64. The molecule has 3 rings (SSSR count).